The summed E-state index contributed by atoms with van der Waals surface area (Å²) >= 11 is 3.45. The Labute approximate surface area is 201 Å². The van der Waals surface area contributed by atoms with Crippen molar-refractivity contribution in [3.63, 3.8) is 0 Å². The molecular formula is C26H24BrN3O3. The zero-order chi connectivity index (χ0) is 23.4. The maximum Gasteiger partial charge on any atom is 0.259 e. The van der Waals surface area contributed by atoms with Crippen LogP contribution in [0.5, 0.6) is 5.75 Å². The van der Waals surface area contributed by atoms with Crippen LogP contribution >= 0.6 is 15.9 Å². The lowest BCUT2D eigenvalue weighted by Crippen LogP contribution is -2.32. The quantitative estimate of drug-likeness (QED) is 0.337. The predicted molar refractivity (Wildman–Crippen MR) is 133 cm³/mol. The number of carbonyl (C=O) groups excluding carboxylic acids is 1. The molecule has 7 heteroatoms. The summed E-state index contributed by atoms with van der Waals surface area (Å²) in [5, 5.41) is 17.0. The van der Waals surface area contributed by atoms with Crippen LogP contribution in [-0.4, -0.2) is 33.0 Å². The zero-order valence-corrected chi connectivity index (χ0v) is 19.9. The minimum Gasteiger partial charge on any atom is -0.485 e. The number of nitrogens with one attached hydrogen (secondary N) is 1. The van der Waals surface area contributed by atoms with E-state index in [1.165, 1.54) is 0 Å². The van der Waals surface area contributed by atoms with E-state index >= 15 is 0 Å². The Morgan fingerprint density at radius 3 is 2.33 bits per heavy atom. The topological polar surface area (TPSA) is 76.4 Å². The first-order valence-electron chi connectivity index (χ1n) is 10.5. The van der Waals surface area contributed by atoms with Gasteiger partial charge in [0.1, 0.15) is 17.0 Å². The van der Waals surface area contributed by atoms with Gasteiger partial charge in [-0.15, -0.1) is 0 Å². The van der Waals surface area contributed by atoms with Crippen LogP contribution in [0.1, 0.15) is 24.2 Å². The molecule has 4 rings (SSSR count). The van der Waals surface area contributed by atoms with Crippen molar-refractivity contribution < 1.29 is 14.6 Å². The third kappa shape index (κ3) is 5.50. The van der Waals surface area contributed by atoms with Gasteiger partial charge in [0.15, 0.2) is 0 Å². The molecule has 0 bridgehead atoms. The van der Waals surface area contributed by atoms with E-state index in [2.05, 4.69) is 21.2 Å². The molecule has 0 saturated carbocycles. The largest absolute Gasteiger partial charge is 0.485 e. The molecule has 0 unspecified atom stereocenters. The third-order valence-corrected chi connectivity index (χ3v) is 5.51. The number of halogens is 1. The van der Waals surface area contributed by atoms with E-state index in [1.807, 2.05) is 54.6 Å². The Kier molecular flexibility index (Phi) is 6.62. The van der Waals surface area contributed by atoms with E-state index in [4.69, 9.17) is 9.84 Å². The van der Waals surface area contributed by atoms with Gasteiger partial charge in [-0.3, -0.25) is 4.79 Å². The second kappa shape index (κ2) is 9.60. The first kappa shape index (κ1) is 22.8. The molecule has 3 aromatic carbocycles. The van der Waals surface area contributed by atoms with Crippen LogP contribution in [0.15, 0.2) is 89.5 Å². The lowest BCUT2D eigenvalue weighted by Gasteiger charge is -2.23. The number of para-hydroxylation sites is 1. The number of rotatable bonds is 7. The molecule has 1 aromatic heterocycles. The summed E-state index contributed by atoms with van der Waals surface area (Å²) in [4.78, 5) is 13.2. The number of nitrogens with zero attached hydrogens (tertiary/aromatic N) is 2. The van der Waals surface area contributed by atoms with Crippen LogP contribution in [0.25, 0.3) is 16.9 Å². The predicted octanol–water partition coefficient (Wildman–Crippen LogP) is 5.70. The molecule has 1 heterocycles. The van der Waals surface area contributed by atoms with Crippen LogP contribution in [0, 0.1) is 0 Å². The number of aliphatic hydroxyl groups excluding tert-OH is 1. The summed E-state index contributed by atoms with van der Waals surface area (Å²) in [5.41, 5.74) is 2.70. The zero-order valence-electron chi connectivity index (χ0n) is 18.3. The molecule has 0 saturated heterocycles. The summed E-state index contributed by atoms with van der Waals surface area (Å²) in [7, 11) is 0. The van der Waals surface area contributed by atoms with Gasteiger partial charge in [-0.1, -0.05) is 46.3 Å². The first-order valence-corrected chi connectivity index (χ1v) is 11.3. The highest BCUT2D eigenvalue weighted by atomic mass is 79.9. The van der Waals surface area contributed by atoms with Crippen molar-refractivity contribution in [3.8, 4) is 22.7 Å². The molecule has 0 aliphatic carbocycles. The number of aliphatic hydroxyl groups is 1. The number of amides is 1. The SMILES string of the molecule is CC(C)(CO)Oc1ccc(NC(=O)c2cn(-c3ccccc3)nc2-c2ccc(Br)cc2)cc1. The van der Waals surface area contributed by atoms with Crippen molar-refractivity contribution in [2.45, 2.75) is 19.4 Å². The molecule has 0 aliphatic rings. The number of ether oxygens (including phenoxy) is 1. The van der Waals surface area contributed by atoms with Gasteiger partial charge in [0.05, 0.1) is 17.9 Å². The van der Waals surface area contributed by atoms with Gasteiger partial charge in [-0.25, -0.2) is 4.68 Å². The highest BCUT2D eigenvalue weighted by Crippen LogP contribution is 2.27. The highest BCUT2D eigenvalue weighted by Gasteiger charge is 2.20. The minimum absolute atomic E-state index is 0.101. The lowest BCUT2D eigenvalue weighted by atomic mass is 10.1. The number of hydrogen-bond acceptors (Lipinski definition) is 4. The van der Waals surface area contributed by atoms with Crippen molar-refractivity contribution >= 4 is 27.5 Å². The molecule has 0 atom stereocenters. The number of aromatic nitrogens is 2. The average Bonchev–Trinajstić information content (AvgIpc) is 3.27. The fourth-order valence-electron chi connectivity index (χ4n) is 3.23. The Hall–Kier alpha value is -3.42. The number of anilines is 1. The number of hydrogen-bond donors (Lipinski definition) is 2. The van der Waals surface area contributed by atoms with Crippen molar-refractivity contribution in [2.75, 3.05) is 11.9 Å². The summed E-state index contributed by atoms with van der Waals surface area (Å²) in [6.45, 7) is 3.50. The number of benzene rings is 3. The molecular weight excluding hydrogens is 482 g/mol. The summed E-state index contributed by atoms with van der Waals surface area (Å²) in [5.74, 6) is 0.346. The van der Waals surface area contributed by atoms with Crippen LogP contribution in [-0.2, 0) is 0 Å². The van der Waals surface area contributed by atoms with E-state index in [0.717, 1.165) is 15.7 Å². The summed E-state index contributed by atoms with van der Waals surface area (Å²) in [6, 6.07) is 24.4. The van der Waals surface area contributed by atoms with E-state index in [1.54, 1.807) is 49.0 Å². The molecule has 168 valence electrons. The Bertz CT molecular complexity index is 1230. The molecule has 0 radical (unpaired) electrons. The van der Waals surface area contributed by atoms with Crippen molar-refractivity contribution in [3.05, 3.63) is 95.1 Å². The number of carbonyl (C=O) groups is 1. The average molecular weight is 506 g/mol. The summed E-state index contributed by atoms with van der Waals surface area (Å²) < 4.78 is 8.41. The molecule has 1 amide bonds. The van der Waals surface area contributed by atoms with E-state index < -0.39 is 5.60 Å². The molecule has 0 spiro atoms. The van der Waals surface area contributed by atoms with Crippen molar-refractivity contribution in [2.24, 2.45) is 0 Å². The van der Waals surface area contributed by atoms with E-state index in [0.29, 0.717) is 22.7 Å². The Balaban J connectivity index is 1.62. The fourth-order valence-corrected chi connectivity index (χ4v) is 3.49. The highest BCUT2D eigenvalue weighted by molar-refractivity contribution is 9.10. The van der Waals surface area contributed by atoms with Crippen LogP contribution in [0.2, 0.25) is 0 Å². The second-order valence-electron chi connectivity index (χ2n) is 8.18. The van der Waals surface area contributed by atoms with Gasteiger partial charge in [0.25, 0.3) is 5.91 Å². The van der Waals surface area contributed by atoms with Crippen LogP contribution < -0.4 is 10.1 Å². The Morgan fingerprint density at radius 2 is 1.70 bits per heavy atom. The second-order valence-corrected chi connectivity index (χ2v) is 9.09. The molecule has 0 aliphatic heterocycles. The van der Waals surface area contributed by atoms with Gasteiger partial charge in [-0.05, 0) is 62.4 Å². The van der Waals surface area contributed by atoms with Crippen LogP contribution in [0.3, 0.4) is 0 Å². The van der Waals surface area contributed by atoms with Gasteiger partial charge in [0.2, 0.25) is 0 Å². The molecule has 0 fully saturated rings. The van der Waals surface area contributed by atoms with Gasteiger partial charge in [0, 0.05) is 21.9 Å². The maximum atomic E-state index is 13.2. The standard InChI is InChI=1S/C26H24BrN3O3/c1-26(2,17-31)33-22-14-12-20(13-15-22)28-25(32)23-16-30(21-6-4-3-5-7-21)29-24(23)18-8-10-19(27)11-9-18/h3-16,31H,17H2,1-2H3,(H,28,32). The maximum absolute atomic E-state index is 13.2. The van der Waals surface area contributed by atoms with E-state index in [9.17, 15) is 9.90 Å². The first-order chi connectivity index (χ1) is 15.8. The molecule has 33 heavy (non-hydrogen) atoms. The third-order valence-electron chi connectivity index (χ3n) is 4.98. The molecule has 6 nitrogen and oxygen atoms in total. The van der Waals surface area contributed by atoms with Gasteiger partial charge < -0.3 is 15.2 Å². The van der Waals surface area contributed by atoms with Crippen molar-refractivity contribution in [1.82, 2.24) is 9.78 Å². The normalized spacial score (nSPS) is 11.3. The fraction of sp³-hybridized carbons (Fsp3) is 0.154. The van der Waals surface area contributed by atoms with Crippen LogP contribution in [0.4, 0.5) is 5.69 Å². The summed E-state index contributed by atoms with van der Waals surface area (Å²) in [6.07, 6.45) is 1.74. The minimum atomic E-state index is -0.684. The lowest BCUT2D eigenvalue weighted by molar-refractivity contribution is 0.0412. The van der Waals surface area contributed by atoms with Gasteiger partial charge in [-0.2, -0.15) is 5.10 Å². The Morgan fingerprint density at radius 1 is 1.03 bits per heavy atom. The monoisotopic (exact) mass is 505 g/mol. The van der Waals surface area contributed by atoms with E-state index in [-0.39, 0.29) is 12.5 Å². The molecule has 4 aromatic rings. The van der Waals surface area contributed by atoms with Crippen molar-refractivity contribution in [1.29, 1.82) is 0 Å². The molecule has 2 N–H and O–H groups in total. The van der Waals surface area contributed by atoms with Gasteiger partial charge >= 0.3 is 0 Å². The smallest absolute Gasteiger partial charge is 0.259 e.